The van der Waals surface area contributed by atoms with Gasteiger partial charge in [0.2, 0.25) is 0 Å². The van der Waals surface area contributed by atoms with E-state index in [4.69, 9.17) is 9.84 Å². The number of rotatable bonds is 5. The van der Waals surface area contributed by atoms with Crippen molar-refractivity contribution in [2.45, 2.75) is 98.5 Å². The Morgan fingerprint density at radius 3 is 2.62 bits per heavy atom. The molecule has 0 aromatic rings. The lowest BCUT2D eigenvalue weighted by Crippen LogP contribution is -2.49. The van der Waals surface area contributed by atoms with E-state index in [1.807, 2.05) is 6.08 Å². The second kappa shape index (κ2) is 8.68. The Bertz CT molecular complexity index is 939. The molecule has 2 saturated carbocycles. The molecule has 34 heavy (non-hydrogen) atoms. The highest BCUT2D eigenvalue weighted by Gasteiger charge is 2.61. The third-order valence-corrected chi connectivity index (χ3v) is 10.4. The summed E-state index contributed by atoms with van der Waals surface area (Å²) in [6, 6.07) is 0. The first-order valence-electron chi connectivity index (χ1n) is 13.3. The summed E-state index contributed by atoms with van der Waals surface area (Å²) in [5.74, 6) is 1.40. The Labute approximate surface area is 205 Å². The van der Waals surface area contributed by atoms with E-state index in [0.29, 0.717) is 41.6 Å². The molecule has 1 saturated heterocycles. The maximum atomic E-state index is 12.4. The van der Waals surface area contributed by atoms with Gasteiger partial charge in [0.1, 0.15) is 5.60 Å². The number of hydrogen-bond donors (Lipinski definition) is 1. The van der Waals surface area contributed by atoms with Crippen molar-refractivity contribution < 1.29 is 19.4 Å². The van der Waals surface area contributed by atoms with Crippen LogP contribution in [0.1, 0.15) is 92.9 Å². The molecule has 1 aliphatic heterocycles. The molecule has 4 rings (SSSR count). The molecule has 1 N–H and O–H groups in total. The van der Waals surface area contributed by atoms with E-state index in [2.05, 4.69) is 47.3 Å². The Balaban J connectivity index is 1.58. The Morgan fingerprint density at radius 1 is 1.24 bits per heavy atom. The van der Waals surface area contributed by atoms with Gasteiger partial charge in [0, 0.05) is 23.8 Å². The molecule has 4 aliphatic rings. The average molecular weight is 469 g/mol. The van der Waals surface area contributed by atoms with E-state index in [9.17, 15) is 9.59 Å². The van der Waals surface area contributed by atoms with Crippen LogP contribution < -0.4 is 0 Å². The summed E-state index contributed by atoms with van der Waals surface area (Å²) in [7, 11) is 0. The van der Waals surface area contributed by atoms with Crippen LogP contribution in [0.25, 0.3) is 0 Å². The van der Waals surface area contributed by atoms with Crippen molar-refractivity contribution in [3.8, 4) is 0 Å². The first-order chi connectivity index (χ1) is 15.8. The van der Waals surface area contributed by atoms with Crippen LogP contribution in [0.2, 0.25) is 0 Å². The van der Waals surface area contributed by atoms with Gasteiger partial charge < -0.3 is 9.84 Å². The first kappa shape index (κ1) is 25.3. The summed E-state index contributed by atoms with van der Waals surface area (Å²) < 4.78 is 5.94. The van der Waals surface area contributed by atoms with Gasteiger partial charge in [-0.05, 0) is 94.3 Å². The molecule has 7 atom stereocenters. The van der Waals surface area contributed by atoms with Gasteiger partial charge in [-0.1, -0.05) is 50.6 Å². The van der Waals surface area contributed by atoms with Crippen molar-refractivity contribution in [3.63, 3.8) is 0 Å². The summed E-state index contributed by atoms with van der Waals surface area (Å²) in [5, 5.41) is 9.12. The van der Waals surface area contributed by atoms with E-state index in [0.717, 1.165) is 25.7 Å². The minimum absolute atomic E-state index is 0.000523. The van der Waals surface area contributed by atoms with Crippen LogP contribution in [0.5, 0.6) is 0 Å². The molecule has 3 fully saturated rings. The van der Waals surface area contributed by atoms with Crippen molar-refractivity contribution in [1.82, 2.24) is 0 Å². The van der Waals surface area contributed by atoms with Crippen LogP contribution in [0.15, 0.2) is 35.5 Å². The van der Waals surface area contributed by atoms with E-state index in [1.54, 1.807) is 12.5 Å². The zero-order chi connectivity index (χ0) is 25.1. The molecule has 3 aliphatic carbocycles. The van der Waals surface area contributed by atoms with Crippen LogP contribution in [-0.2, 0) is 14.3 Å². The number of carboxylic acid groups (broad SMARTS) is 1. The summed E-state index contributed by atoms with van der Waals surface area (Å²) in [5.41, 5.74) is 3.18. The molecule has 0 aromatic carbocycles. The Morgan fingerprint density at radius 2 is 1.94 bits per heavy atom. The van der Waals surface area contributed by atoms with Gasteiger partial charge in [-0.2, -0.15) is 0 Å². The number of allylic oxidation sites excluding steroid dienone is 4. The second-order valence-corrected chi connectivity index (χ2v) is 12.8. The standard InChI is InChI=1S/C30H44O4/c1-18(9-8-10-19(2)27(32)33)21-13-15-29(6)22-11-12-25-28(4,5)34-26(31)14-16-30(25,7)24(22)17-23(29)20(21)3/h10,17-18,21-23,25H,3,8-9,11-16H2,1-2,4-7H3,(H,32,33)/b19-10-/t18-,21-,22-,23+,25+,29+,30-/m1/s1. The third-order valence-electron chi connectivity index (χ3n) is 10.4. The lowest BCUT2D eigenvalue weighted by atomic mass is 9.51. The normalized spacial score (nSPS) is 40.3. The van der Waals surface area contributed by atoms with Gasteiger partial charge in [0.25, 0.3) is 0 Å². The number of carbonyl (C=O) groups is 2. The van der Waals surface area contributed by atoms with Crippen LogP contribution in [0, 0.1) is 40.4 Å². The second-order valence-electron chi connectivity index (χ2n) is 12.8. The molecule has 0 unspecified atom stereocenters. The van der Waals surface area contributed by atoms with Crippen molar-refractivity contribution in [1.29, 1.82) is 0 Å². The number of hydrogen-bond acceptors (Lipinski definition) is 3. The predicted octanol–water partition coefficient (Wildman–Crippen LogP) is 7.11. The molecule has 4 heteroatoms. The van der Waals surface area contributed by atoms with Gasteiger partial charge in [-0.15, -0.1) is 0 Å². The fraction of sp³-hybridized carbons (Fsp3) is 0.733. The van der Waals surface area contributed by atoms with Crippen LogP contribution in [-0.4, -0.2) is 22.6 Å². The zero-order valence-corrected chi connectivity index (χ0v) is 22.1. The lowest BCUT2D eigenvalue weighted by Gasteiger charge is -2.54. The van der Waals surface area contributed by atoms with E-state index < -0.39 is 11.6 Å². The first-order valence-corrected chi connectivity index (χ1v) is 13.3. The fourth-order valence-corrected chi connectivity index (χ4v) is 8.44. The maximum Gasteiger partial charge on any atom is 0.330 e. The molecule has 188 valence electrons. The zero-order valence-electron chi connectivity index (χ0n) is 22.1. The Kier molecular flexibility index (Phi) is 6.44. The summed E-state index contributed by atoms with van der Waals surface area (Å²) in [4.78, 5) is 23.5. The highest BCUT2D eigenvalue weighted by atomic mass is 16.6. The highest BCUT2D eigenvalue weighted by Crippen LogP contribution is 2.68. The van der Waals surface area contributed by atoms with Crippen LogP contribution in [0.4, 0.5) is 0 Å². The van der Waals surface area contributed by atoms with Crippen molar-refractivity contribution in [2.24, 2.45) is 40.4 Å². The molecular weight excluding hydrogens is 424 g/mol. The number of aliphatic carboxylic acids is 1. The maximum absolute atomic E-state index is 12.4. The Hall–Kier alpha value is -1.84. The molecule has 1 heterocycles. The van der Waals surface area contributed by atoms with Gasteiger partial charge in [-0.3, -0.25) is 4.79 Å². The van der Waals surface area contributed by atoms with E-state index >= 15 is 0 Å². The molecule has 0 amide bonds. The molecular formula is C30H44O4. The summed E-state index contributed by atoms with van der Waals surface area (Å²) in [6.07, 6.45) is 12.3. The minimum Gasteiger partial charge on any atom is -0.478 e. The molecule has 0 aromatic heterocycles. The van der Waals surface area contributed by atoms with Crippen molar-refractivity contribution in [2.75, 3.05) is 0 Å². The van der Waals surface area contributed by atoms with E-state index in [1.165, 1.54) is 24.8 Å². The smallest absolute Gasteiger partial charge is 0.330 e. The largest absolute Gasteiger partial charge is 0.478 e. The molecule has 0 radical (unpaired) electrons. The number of fused-ring (bicyclic) bond motifs is 5. The average Bonchev–Trinajstić information content (AvgIpc) is 3.02. The molecule has 0 spiro atoms. The van der Waals surface area contributed by atoms with Crippen LogP contribution in [0.3, 0.4) is 0 Å². The number of ether oxygens (including phenoxy) is 1. The van der Waals surface area contributed by atoms with Crippen molar-refractivity contribution in [3.05, 3.63) is 35.5 Å². The summed E-state index contributed by atoms with van der Waals surface area (Å²) >= 11 is 0. The molecule has 4 nitrogen and oxygen atoms in total. The SMILES string of the molecule is C=C1[C@@H]([C@H](C)CC/C=C(/C)C(=O)O)CC[C@@]2(C)[C@@H]3CC[C@H]4C(C)(C)OC(=O)CC[C@]4(C)C3=C[C@@H]12. The predicted molar refractivity (Wildman–Crippen MR) is 135 cm³/mol. The lowest BCUT2D eigenvalue weighted by molar-refractivity contribution is -0.162. The third kappa shape index (κ3) is 3.99. The van der Waals surface area contributed by atoms with Gasteiger partial charge in [-0.25, -0.2) is 4.79 Å². The number of carbonyl (C=O) groups excluding carboxylic acids is 1. The van der Waals surface area contributed by atoms with E-state index in [-0.39, 0.29) is 16.8 Å². The quantitative estimate of drug-likeness (QED) is 0.265. The fourth-order valence-electron chi connectivity index (χ4n) is 8.44. The summed E-state index contributed by atoms with van der Waals surface area (Å²) in [6.45, 7) is 17.8. The number of cyclic esters (lactones) is 1. The van der Waals surface area contributed by atoms with Gasteiger partial charge in [0.15, 0.2) is 0 Å². The van der Waals surface area contributed by atoms with Gasteiger partial charge in [0.05, 0.1) is 0 Å². The van der Waals surface area contributed by atoms with Gasteiger partial charge >= 0.3 is 11.9 Å². The number of carboxylic acids is 1. The van der Waals surface area contributed by atoms with Crippen LogP contribution >= 0.6 is 0 Å². The topological polar surface area (TPSA) is 63.6 Å². The monoisotopic (exact) mass is 468 g/mol. The number of esters is 1. The minimum atomic E-state index is -0.828. The highest BCUT2D eigenvalue weighted by molar-refractivity contribution is 5.85. The molecule has 0 bridgehead atoms. The van der Waals surface area contributed by atoms with Crippen molar-refractivity contribution >= 4 is 11.9 Å².